The first-order valence-electron chi connectivity index (χ1n) is 48.7. The van der Waals surface area contributed by atoms with Crippen molar-refractivity contribution in [1.29, 1.82) is 0 Å². The normalized spacial score (nSPS) is 10.8. The zero-order valence-electron chi connectivity index (χ0n) is 80.5. The van der Waals surface area contributed by atoms with Crippen LogP contribution in [0.4, 0.5) is 0 Å². The van der Waals surface area contributed by atoms with Gasteiger partial charge in [0.2, 0.25) is 0 Å². The molecule has 0 bridgehead atoms. The summed E-state index contributed by atoms with van der Waals surface area (Å²) in [5.74, 6) is -5.71. The molecule has 0 aromatic heterocycles. The maximum absolute atomic E-state index is 15.8. The van der Waals surface area contributed by atoms with Gasteiger partial charge in [-0.05, 0) is 297 Å². The fraction of sp³-hybridized carbons (Fsp3) is 0.368. The van der Waals surface area contributed by atoms with Crippen LogP contribution in [0.5, 0.6) is 69.0 Å². The SMILES string of the molecule is C=CC(=O)OCCCCCCOc1ccc(C(=O)Oc2ccc(OC(=O)c3ccc(OCCCCCCOC(=O)C=C)cc3)c(C(=O)Oc3cc(-c4ccc(OCCCCCCCCC)cc4)c(OC(=O)c4cc(OC(=O)c5ccc(OCCCCCCOC(=O)C=C)cc5)ccc4OC(=O)c4ccc(OCCCCCCOC(=O)C=C)cc4)cc3-c3ccc(OCCCCCCCCC)cc3)c2)cc1. The van der Waals surface area contributed by atoms with E-state index in [4.69, 9.17) is 75.8 Å². The van der Waals surface area contributed by atoms with Crippen LogP contribution in [0.3, 0.4) is 0 Å². The number of ether oxygens (including phenoxy) is 16. The molecule has 0 unspecified atom stereocenters. The third-order valence-corrected chi connectivity index (χ3v) is 22.3. The molecule has 0 fully saturated rings. The standard InChI is InChI=1S/C114H130O26/c1-7-13-15-17-19-21-31-69-125-89-53-41-83(42-54-89)97-81-104(140-114(124)100-80-96(136-110(120)86-47-59-92(60-48-86)128-72-34-24-28-38-76-132-106(116)10-4)66-68-102(100)138-112(122)88-51-63-94(64-52-88)130-74-36-26-30-40-78-134-108(118)12-6)98(84-43-55-90(56-44-84)126-70-32-22-20-18-16-14-8-2)82-103(97)139-113(123)99-79-95(135-109(119)85-45-57-91(58-46-85)127-71-33-23-27-37-75-131-105(115)9-3)65-67-101(99)137-111(121)87-49-61-93(62-50-87)129-73-35-25-29-39-77-133-107(117)11-5/h9-12,41-68,79-82H,3-8,13-40,69-78H2,1-2H3. The molecule has 0 N–H and O–H groups in total. The van der Waals surface area contributed by atoms with Gasteiger partial charge in [-0.15, -0.1) is 0 Å². The van der Waals surface area contributed by atoms with Crippen LogP contribution in [0, 0.1) is 0 Å². The predicted octanol–water partition coefficient (Wildman–Crippen LogP) is 25.3. The molecule has 9 rings (SSSR count). The van der Waals surface area contributed by atoms with Crippen LogP contribution in [-0.2, 0) is 38.1 Å². The Morgan fingerprint density at radius 2 is 0.407 bits per heavy atom. The highest BCUT2D eigenvalue weighted by atomic mass is 16.6. The molecular formula is C114H130O26. The van der Waals surface area contributed by atoms with Gasteiger partial charge in [-0.3, -0.25) is 0 Å². The minimum absolute atomic E-state index is 0.0762. The van der Waals surface area contributed by atoms with Crippen molar-refractivity contribution in [3.8, 4) is 91.2 Å². The average Bonchev–Trinajstić information content (AvgIpc) is 0.770. The largest absolute Gasteiger partial charge is 0.494 e. The summed E-state index contributed by atoms with van der Waals surface area (Å²) in [4.78, 5) is 135. The van der Waals surface area contributed by atoms with Crippen LogP contribution < -0.4 is 56.8 Å². The third kappa shape index (κ3) is 39.9. The molecule has 0 saturated carbocycles. The van der Waals surface area contributed by atoms with E-state index in [-0.39, 0.29) is 92.2 Å². The summed E-state index contributed by atoms with van der Waals surface area (Å²) in [7, 11) is 0. The van der Waals surface area contributed by atoms with Gasteiger partial charge >= 0.3 is 59.7 Å². The Bertz CT molecular complexity index is 5090. The van der Waals surface area contributed by atoms with Crippen molar-refractivity contribution in [2.45, 2.75) is 206 Å². The average molecular weight is 1920 g/mol. The van der Waals surface area contributed by atoms with Crippen molar-refractivity contribution in [3.63, 3.8) is 0 Å². The van der Waals surface area contributed by atoms with Gasteiger partial charge in [-0.1, -0.05) is 141 Å². The van der Waals surface area contributed by atoms with Gasteiger partial charge in [0.1, 0.15) is 80.1 Å². The highest BCUT2D eigenvalue weighted by molar-refractivity contribution is 6.02. The number of unbranched alkanes of at least 4 members (excludes halogenated alkanes) is 24. The minimum atomic E-state index is -1.12. The summed E-state index contributed by atoms with van der Waals surface area (Å²) in [6.07, 6.45) is 31.5. The molecule has 0 spiro atoms. The number of benzene rings is 9. The van der Waals surface area contributed by atoms with E-state index in [2.05, 4.69) is 40.2 Å². The van der Waals surface area contributed by atoms with E-state index >= 15 is 9.59 Å². The fourth-order valence-electron chi connectivity index (χ4n) is 14.4. The second-order valence-corrected chi connectivity index (χ2v) is 33.1. The van der Waals surface area contributed by atoms with Gasteiger partial charge in [-0.2, -0.15) is 0 Å². The Morgan fingerprint density at radius 1 is 0.207 bits per heavy atom. The molecule has 26 nitrogen and oxygen atoms in total. The fourth-order valence-corrected chi connectivity index (χ4v) is 14.4. The smallest absolute Gasteiger partial charge is 0.347 e. The summed E-state index contributed by atoms with van der Waals surface area (Å²) in [5.41, 5.74) is 0.781. The van der Waals surface area contributed by atoms with E-state index in [0.29, 0.717) is 137 Å². The number of hydrogen-bond acceptors (Lipinski definition) is 26. The van der Waals surface area contributed by atoms with Crippen molar-refractivity contribution >= 4 is 59.7 Å². The van der Waals surface area contributed by atoms with Gasteiger partial charge in [0.05, 0.1) is 88.3 Å². The Morgan fingerprint density at radius 3 is 0.643 bits per heavy atom. The monoisotopic (exact) mass is 1910 g/mol. The summed E-state index contributed by atoms with van der Waals surface area (Å²) < 4.78 is 94.5. The lowest BCUT2D eigenvalue weighted by Crippen LogP contribution is -2.17. The Kier molecular flexibility index (Phi) is 49.1. The number of carbonyl (C=O) groups is 10. The molecule has 0 amide bonds. The van der Waals surface area contributed by atoms with Crippen LogP contribution >= 0.6 is 0 Å². The van der Waals surface area contributed by atoms with Gasteiger partial charge in [-0.25, -0.2) is 47.9 Å². The first-order valence-corrected chi connectivity index (χ1v) is 48.7. The second kappa shape index (κ2) is 63.0. The molecule has 0 aliphatic heterocycles. The lowest BCUT2D eigenvalue weighted by Gasteiger charge is -2.19. The van der Waals surface area contributed by atoms with Crippen LogP contribution in [0.25, 0.3) is 22.3 Å². The van der Waals surface area contributed by atoms with Crippen LogP contribution in [-0.4, -0.2) is 126 Å². The summed E-state index contributed by atoms with van der Waals surface area (Å²) in [6, 6.07) is 49.8. The summed E-state index contributed by atoms with van der Waals surface area (Å²) >= 11 is 0. The van der Waals surface area contributed by atoms with E-state index in [1.165, 1.54) is 123 Å². The molecular weight excluding hydrogens is 1790 g/mol. The third-order valence-electron chi connectivity index (χ3n) is 22.3. The van der Waals surface area contributed by atoms with E-state index in [9.17, 15) is 38.4 Å². The molecule has 0 aliphatic carbocycles. The minimum Gasteiger partial charge on any atom is -0.494 e. The molecule has 9 aromatic rings. The van der Waals surface area contributed by atoms with E-state index in [1.54, 1.807) is 97.1 Å². The first kappa shape index (κ1) is 109. The van der Waals surface area contributed by atoms with Crippen molar-refractivity contribution in [2.75, 3.05) is 66.1 Å². The first-order chi connectivity index (χ1) is 68.3. The molecule has 9 aromatic carbocycles. The lowest BCUT2D eigenvalue weighted by molar-refractivity contribution is -0.138. The topological polar surface area (TPSA) is 318 Å². The molecule has 0 radical (unpaired) electrons. The van der Waals surface area contributed by atoms with Crippen LogP contribution in [0.2, 0.25) is 0 Å². The van der Waals surface area contributed by atoms with Crippen molar-refractivity contribution in [3.05, 3.63) is 278 Å². The zero-order chi connectivity index (χ0) is 99.5. The van der Waals surface area contributed by atoms with E-state index in [1.807, 2.05) is 0 Å². The molecule has 0 atom stereocenters. The Labute approximate surface area is 820 Å². The molecule has 140 heavy (non-hydrogen) atoms. The maximum Gasteiger partial charge on any atom is 0.347 e. The lowest BCUT2D eigenvalue weighted by atomic mass is 9.97. The van der Waals surface area contributed by atoms with Crippen molar-refractivity contribution in [1.82, 2.24) is 0 Å². The number of rotatable bonds is 68. The van der Waals surface area contributed by atoms with Crippen LogP contribution in [0.1, 0.15) is 269 Å². The zero-order valence-corrected chi connectivity index (χ0v) is 80.5. The van der Waals surface area contributed by atoms with E-state index < -0.39 is 59.7 Å². The van der Waals surface area contributed by atoms with Crippen molar-refractivity contribution in [2.24, 2.45) is 0 Å². The molecule has 0 aliphatic rings. The predicted molar refractivity (Wildman–Crippen MR) is 533 cm³/mol. The van der Waals surface area contributed by atoms with Gasteiger partial charge in [0.15, 0.2) is 0 Å². The van der Waals surface area contributed by atoms with Gasteiger partial charge in [0, 0.05) is 35.4 Å². The molecule has 742 valence electrons. The van der Waals surface area contributed by atoms with E-state index in [0.717, 1.165) is 153 Å². The maximum atomic E-state index is 15.8. The Hall–Kier alpha value is -14.6. The quantitative estimate of drug-likeness (QED) is 0.0112. The van der Waals surface area contributed by atoms with Gasteiger partial charge in [0.25, 0.3) is 0 Å². The van der Waals surface area contributed by atoms with Crippen LogP contribution in [0.15, 0.2) is 245 Å². The molecule has 0 saturated heterocycles. The summed E-state index contributed by atoms with van der Waals surface area (Å²) in [5, 5.41) is 0. The molecule has 0 heterocycles. The Balaban J connectivity index is 1.08. The highest BCUT2D eigenvalue weighted by Crippen LogP contribution is 2.44. The number of carbonyl (C=O) groups excluding carboxylic acids is 10. The summed E-state index contributed by atoms with van der Waals surface area (Å²) in [6.45, 7) is 21.6. The second-order valence-electron chi connectivity index (χ2n) is 33.1. The number of hydrogen-bond donors (Lipinski definition) is 0. The molecule has 26 heteroatoms. The number of esters is 10. The van der Waals surface area contributed by atoms with Gasteiger partial charge < -0.3 is 75.8 Å². The highest BCUT2D eigenvalue weighted by Gasteiger charge is 2.29. The van der Waals surface area contributed by atoms with Crippen molar-refractivity contribution < 1.29 is 124 Å².